The summed E-state index contributed by atoms with van der Waals surface area (Å²) in [6.45, 7) is -0.330. The zero-order valence-electron chi connectivity index (χ0n) is 14.4. The smallest absolute Gasteiger partial charge is 0.325 e. The van der Waals surface area contributed by atoms with Crippen LogP contribution in [0.5, 0.6) is 0 Å². The molecule has 3 rings (SSSR count). The van der Waals surface area contributed by atoms with Crippen LogP contribution < -0.4 is 9.62 Å². The van der Waals surface area contributed by atoms with Gasteiger partial charge in [-0.3, -0.25) is 19.2 Å². The molecule has 0 spiro atoms. The predicted octanol–water partition coefficient (Wildman–Crippen LogP) is 2.89. The molecule has 148 valence electrons. The van der Waals surface area contributed by atoms with Gasteiger partial charge >= 0.3 is 5.97 Å². The Morgan fingerprint density at radius 2 is 2.07 bits per heavy atom. The van der Waals surface area contributed by atoms with Gasteiger partial charge in [-0.15, -0.1) is 11.8 Å². The van der Waals surface area contributed by atoms with Gasteiger partial charge in [-0.2, -0.15) is 0 Å². The Balaban J connectivity index is 1.97. The predicted molar refractivity (Wildman–Crippen MR) is 104 cm³/mol. The largest absolute Gasteiger partial charge is 0.468 e. The second-order valence-electron chi connectivity index (χ2n) is 5.70. The van der Waals surface area contributed by atoms with Gasteiger partial charge in [-0.05, 0) is 36.4 Å². The number of hydrogen-bond donors (Lipinski definition) is 1. The van der Waals surface area contributed by atoms with Gasteiger partial charge in [0.1, 0.15) is 12.4 Å². The lowest BCUT2D eigenvalue weighted by molar-refractivity contribution is -0.139. The first kappa shape index (κ1) is 20.4. The Hall–Kier alpha value is -2.30. The molecular weight excluding hydrogens is 431 g/mol. The molecule has 2 aromatic carbocycles. The number of ether oxygens (including phenoxy) is 1. The number of carbonyl (C=O) groups is 2. The summed E-state index contributed by atoms with van der Waals surface area (Å²) in [6, 6.07) is 7.48. The molecule has 0 aromatic heterocycles. The van der Waals surface area contributed by atoms with E-state index >= 15 is 0 Å². The fourth-order valence-corrected chi connectivity index (χ4v) is 4.78. The van der Waals surface area contributed by atoms with E-state index in [1.807, 2.05) is 0 Å². The quantitative estimate of drug-likeness (QED) is 0.713. The summed E-state index contributed by atoms with van der Waals surface area (Å²) in [5.74, 6) is -1.45. The van der Waals surface area contributed by atoms with Crippen LogP contribution in [-0.4, -0.2) is 39.7 Å². The molecule has 0 bridgehead atoms. The van der Waals surface area contributed by atoms with E-state index in [4.69, 9.17) is 11.6 Å². The van der Waals surface area contributed by atoms with Crippen molar-refractivity contribution in [3.05, 3.63) is 47.2 Å². The van der Waals surface area contributed by atoms with Crippen LogP contribution in [-0.2, 0) is 24.3 Å². The number of anilines is 2. The highest BCUT2D eigenvalue weighted by Crippen LogP contribution is 2.37. The Morgan fingerprint density at radius 3 is 2.75 bits per heavy atom. The summed E-state index contributed by atoms with van der Waals surface area (Å²) in [4.78, 5) is 25.5. The van der Waals surface area contributed by atoms with E-state index in [0.29, 0.717) is 10.6 Å². The van der Waals surface area contributed by atoms with Crippen LogP contribution in [0.4, 0.5) is 15.8 Å². The van der Waals surface area contributed by atoms with Crippen molar-refractivity contribution < 1.29 is 27.1 Å². The normalized spacial score (nSPS) is 13.8. The third-order valence-corrected chi connectivity index (χ3v) is 6.60. The number of hydrogen-bond acceptors (Lipinski definition) is 6. The maximum absolute atomic E-state index is 13.2. The molecule has 0 fully saturated rings. The summed E-state index contributed by atoms with van der Waals surface area (Å²) in [5, 5.41) is -0.0976. The first-order valence-electron chi connectivity index (χ1n) is 7.83. The highest BCUT2D eigenvalue weighted by molar-refractivity contribution is 8.00. The molecule has 0 saturated heterocycles. The molecular formula is C17H14ClFN2O5S2. The van der Waals surface area contributed by atoms with Crippen LogP contribution >= 0.6 is 23.4 Å². The fraction of sp³-hybridized carbons (Fsp3) is 0.176. The molecule has 1 amide bonds. The SMILES string of the molecule is COC(=O)CN1C(=O)CSc2ccc(S(=O)(=O)Nc3ccc(F)cc3Cl)cc21. The molecule has 11 heteroatoms. The van der Waals surface area contributed by atoms with Gasteiger partial charge in [-0.25, -0.2) is 12.8 Å². The van der Waals surface area contributed by atoms with E-state index in [1.54, 1.807) is 6.07 Å². The second kappa shape index (κ2) is 7.98. The number of halogens is 2. The summed E-state index contributed by atoms with van der Waals surface area (Å²) in [5.41, 5.74) is 0.303. The molecule has 1 aliphatic heterocycles. The van der Waals surface area contributed by atoms with Crippen molar-refractivity contribution in [2.75, 3.05) is 29.0 Å². The first-order valence-corrected chi connectivity index (χ1v) is 10.7. The standard InChI is InChI=1S/C17H14ClFN2O5S2/c1-26-17(23)8-21-14-7-11(3-5-15(14)27-9-16(21)22)28(24,25)20-13-4-2-10(19)6-12(13)18/h2-7,20H,8-9H2,1H3. The van der Waals surface area contributed by atoms with Gasteiger partial charge in [0.25, 0.3) is 10.0 Å². The monoisotopic (exact) mass is 444 g/mol. The van der Waals surface area contributed by atoms with Crippen LogP contribution in [0.3, 0.4) is 0 Å². The lowest BCUT2D eigenvalue weighted by Gasteiger charge is -2.28. The molecule has 0 unspecified atom stereocenters. The number of amides is 1. The molecule has 1 aliphatic rings. The molecule has 1 heterocycles. The molecule has 1 N–H and O–H groups in total. The molecule has 0 aliphatic carbocycles. The number of fused-ring (bicyclic) bond motifs is 1. The Kier molecular flexibility index (Phi) is 5.82. The van der Waals surface area contributed by atoms with Gasteiger partial charge in [0, 0.05) is 4.90 Å². The fourth-order valence-electron chi connectivity index (χ4n) is 2.49. The van der Waals surface area contributed by atoms with Crippen molar-refractivity contribution in [2.24, 2.45) is 0 Å². The Labute approximate surface area is 169 Å². The van der Waals surface area contributed by atoms with E-state index in [-0.39, 0.29) is 33.8 Å². The summed E-state index contributed by atoms with van der Waals surface area (Å²) >= 11 is 7.12. The number of rotatable bonds is 5. The minimum absolute atomic E-state index is 0.0117. The van der Waals surface area contributed by atoms with Crippen LogP contribution in [0.15, 0.2) is 46.2 Å². The number of methoxy groups -OCH3 is 1. The van der Waals surface area contributed by atoms with E-state index in [9.17, 15) is 22.4 Å². The van der Waals surface area contributed by atoms with Crippen molar-refractivity contribution in [3.8, 4) is 0 Å². The van der Waals surface area contributed by atoms with Gasteiger partial charge in [0.15, 0.2) is 0 Å². The summed E-state index contributed by atoms with van der Waals surface area (Å²) < 4.78 is 45.5. The maximum Gasteiger partial charge on any atom is 0.325 e. The number of benzene rings is 2. The number of nitrogens with one attached hydrogen (secondary N) is 1. The van der Waals surface area contributed by atoms with E-state index in [0.717, 1.165) is 12.1 Å². The van der Waals surface area contributed by atoms with Crippen molar-refractivity contribution in [3.63, 3.8) is 0 Å². The van der Waals surface area contributed by atoms with Gasteiger partial charge in [0.05, 0.1) is 34.2 Å². The Morgan fingerprint density at radius 1 is 1.32 bits per heavy atom. The molecule has 2 aromatic rings. The van der Waals surface area contributed by atoms with Crippen LogP contribution in [0, 0.1) is 5.82 Å². The summed E-state index contributed by atoms with van der Waals surface area (Å²) in [7, 11) is -2.88. The van der Waals surface area contributed by atoms with E-state index < -0.39 is 21.8 Å². The van der Waals surface area contributed by atoms with Crippen LogP contribution in [0.2, 0.25) is 5.02 Å². The lowest BCUT2D eigenvalue weighted by atomic mass is 10.2. The number of carbonyl (C=O) groups excluding carboxylic acids is 2. The number of sulfonamides is 1. The third kappa shape index (κ3) is 4.23. The second-order valence-corrected chi connectivity index (χ2v) is 8.81. The topological polar surface area (TPSA) is 92.8 Å². The molecule has 28 heavy (non-hydrogen) atoms. The highest BCUT2D eigenvalue weighted by Gasteiger charge is 2.29. The van der Waals surface area contributed by atoms with Crippen molar-refractivity contribution in [1.29, 1.82) is 0 Å². The third-order valence-electron chi connectivity index (χ3n) is 3.87. The maximum atomic E-state index is 13.2. The van der Waals surface area contributed by atoms with E-state index in [2.05, 4.69) is 9.46 Å². The molecule has 0 saturated carbocycles. The minimum Gasteiger partial charge on any atom is -0.468 e. The lowest BCUT2D eigenvalue weighted by Crippen LogP contribution is -2.39. The zero-order chi connectivity index (χ0) is 20.5. The number of nitrogens with zero attached hydrogens (tertiary/aromatic N) is 1. The van der Waals surface area contributed by atoms with Crippen LogP contribution in [0.1, 0.15) is 0 Å². The van der Waals surface area contributed by atoms with Crippen molar-refractivity contribution in [2.45, 2.75) is 9.79 Å². The Bertz CT molecular complexity index is 1060. The highest BCUT2D eigenvalue weighted by atomic mass is 35.5. The molecule has 7 nitrogen and oxygen atoms in total. The zero-order valence-corrected chi connectivity index (χ0v) is 16.8. The van der Waals surface area contributed by atoms with E-state index in [1.165, 1.54) is 42.0 Å². The first-order chi connectivity index (χ1) is 13.2. The summed E-state index contributed by atoms with van der Waals surface area (Å²) in [6.07, 6.45) is 0. The van der Waals surface area contributed by atoms with Crippen molar-refractivity contribution >= 4 is 56.6 Å². The van der Waals surface area contributed by atoms with Crippen LogP contribution in [0.25, 0.3) is 0 Å². The molecule has 0 atom stereocenters. The van der Waals surface area contributed by atoms with Gasteiger partial charge in [-0.1, -0.05) is 11.6 Å². The minimum atomic E-state index is -4.08. The average molecular weight is 445 g/mol. The van der Waals surface area contributed by atoms with Crippen molar-refractivity contribution in [1.82, 2.24) is 0 Å². The number of esters is 1. The van der Waals surface area contributed by atoms with Gasteiger partial charge < -0.3 is 4.74 Å². The average Bonchev–Trinajstić information content (AvgIpc) is 2.65. The number of thioether (sulfide) groups is 1. The molecule has 0 radical (unpaired) electrons. The van der Waals surface area contributed by atoms with Gasteiger partial charge in [0.2, 0.25) is 5.91 Å².